The molecule has 2 aromatic carbocycles. The second-order valence-corrected chi connectivity index (χ2v) is 9.25. The number of aromatic nitrogens is 1. The molecule has 2 heterocycles. The van der Waals surface area contributed by atoms with Crippen molar-refractivity contribution in [2.45, 2.75) is 51.5 Å². The van der Waals surface area contributed by atoms with Crippen LogP contribution in [0.4, 0.5) is 11.4 Å². The Morgan fingerprint density at radius 2 is 1.94 bits per heavy atom. The summed E-state index contributed by atoms with van der Waals surface area (Å²) in [5.74, 6) is 0.617. The lowest BCUT2D eigenvalue weighted by Crippen LogP contribution is -2.25. The molecule has 3 aromatic rings. The smallest absolute Gasteiger partial charge is 0.262 e. The molecule has 2 aliphatic rings. The van der Waals surface area contributed by atoms with Crippen LogP contribution in [0.25, 0.3) is 11.3 Å². The Morgan fingerprint density at radius 1 is 1.10 bits per heavy atom. The van der Waals surface area contributed by atoms with Gasteiger partial charge in [-0.1, -0.05) is 37.8 Å². The van der Waals surface area contributed by atoms with Gasteiger partial charge in [0.25, 0.3) is 5.91 Å². The van der Waals surface area contributed by atoms with Crippen LogP contribution in [0.1, 0.15) is 50.1 Å². The van der Waals surface area contributed by atoms with Gasteiger partial charge in [-0.25, -0.2) is 4.99 Å². The first-order valence-electron chi connectivity index (χ1n) is 11.1. The first kappa shape index (κ1) is 20.1. The van der Waals surface area contributed by atoms with Gasteiger partial charge in [0.1, 0.15) is 5.75 Å². The molecule has 0 bridgehead atoms. The molecule has 0 radical (unpaired) electrons. The number of benzene rings is 2. The second-order valence-electron chi connectivity index (χ2n) is 8.42. The average Bonchev–Trinajstić information content (AvgIpc) is 2.99. The van der Waals surface area contributed by atoms with E-state index in [-0.39, 0.29) is 12.5 Å². The molecule has 1 saturated carbocycles. The van der Waals surface area contributed by atoms with Crippen molar-refractivity contribution < 1.29 is 9.53 Å². The number of carbonyl (C=O) groups is 1. The van der Waals surface area contributed by atoms with Crippen molar-refractivity contribution in [3.63, 3.8) is 0 Å². The SMILES string of the molecule is Cc1cccc(N=c2scc(-c3ccc4c(c3)NC(=O)CO4)n2C2CCCCCC2)c1. The highest BCUT2D eigenvalue weighted by Gasteiger charge is 2.22. The van der Waals surface area contributed by atoms with Crippen molar-refractivity contribution >= 4 is 28.6 Å². The summed E-state index contributed by atoms with van der Waals surface area (Å²) in [6, 6.07) is 14.9. The third-order valence-corrected chi connectivity index (χ3v) is 6.91. The number of nitrogens with one attached hydrogen (secondary N) is 1. The van der Waals surface area contributed by atoms with Gasteiger partial charge in [-0.15, -0.1) is 11.3 Å². The van der Waals surface area contributed by atoms with Gasteiger partial charge in [-0.3, -0.25) is 4.79 Å². The Balaban J connectivity index is 1.63. The molecule has 1 aliphatic carbocycles. The monoisotopic (exact) mass is 433 g/mol. The van der Waals surface area contributed by atoms with Gasteiger partial charge in [-0.05, 0) is 55.7 Å². The Kier molecular flexibility index (Phi) is 5.64. The summed E-state index contributed by atoms with van der Waals surface area (Å²) in [4.78, 5) is 17.9. The van der Waals surface area contributed by atoms with Crippen LogP contribution in [-0.4, -0.2) is 17.1 Å². The zero-order valence-electron chi connectivity index (χ0n) is 17.8. The standard InChI is InChI=1S/C25H27N3O2S/c1-17-7-6-8-19(13-17)26-25-28(20-9-4-2-3-5-10-20)22(16-31-25)18-11-12-23-21(14-18)27-24(29)15-30-23/h6-8,11-14,16,20H,2-5,9-10,15H2,1H3,(H,27,29). The number of anilines is 1. The molecule has 5 nitrogen and oxygen atoms in total. The second kappa shape index (κ2) is 8.71. The molecule has 0 spiro atoms. The maximum atomic E-state index is 11.8. The molecule has 1 aromatic heterocycles. The van der Waals surface area contributed by atoms with Crippen LogP contribution in [0, 0.1) is 6.92 Å². The molecular weight excluding hydrogens is 406 g/mol. The Hall–Kier alpha value is -2.86. The minimum absolute atomic E-state index is 0.0758. The highest BCUT2D eigenvalue weighted by atomic mass is 32.1. The molecule has 1 amide bonds. The van der Waals surface area contributed by atoms with Crippen LogP contribution in [-0.2, 0) is 4.79 Å². The van der Waals surface area contributed by atoms with Gasteiger partial charge in [-0.2, -0.15) is 0 Å². The fraction of sp³-hybridized carbons (Fsp3) is 0.360. The largest absolute Gasteiger partial charge is 0.482 e. The first-order chi connectivity index (χ1) is 15.2. The zero-order chi connectivity index (χ0) is 21.2. The molecule has 1 N–H and O–H groups in total. The number of hydrogen-bond acceptors (Lipinski definition) is 4. The quantitative estimate of drug-likeness (QED) is 0.516. The lowest BCUT2D eigenvalue weighted by atomic mass is 10.1. The van der Waals surface area contributed by atoms with E-state index >= 15 is 0 Å². The normalized spacial score (nSPS) is 17.6. The van der Waals surface area contributed by atoms with Gasteiger partial charge in [0.2, 0.25) is 0 Å². The van der Waals surface area contributed by atoms with E-state index in [1.165, 1.54) is 44.1 Å². The third kappa shape index (κ3) is 4.30. The summed E-state index contributed by atoms with van der Waals surface area (Å²) in [6.45, 7) is 2.17. The average molecular weight is 434 g/mol. The fourth-order valence-corrected chi connectivity index (χ4v) is 5.52. The fourth-order valence-electron chi connectivity index (χ4n) is 4.53. The van der Waals surface area contributed by atoms with E-state index in [0.29, 0.717) is 6.04 Å². The molecule has 160 valence electrons. The van der Waals surface area contributed by atoms with Gasteiger partial charge >= 0.3 is 0 Å². The summed E-state index contributed by atoms with van der Waals surface area (Å²) in [5, 5.41) is 5.14. The lowest BCUT2D eigenvalue weighted by molar-refractivity contribution is -0.118. The minimum Gasteiger partial charge on any atom is -0.482 e. The minimum atomic E-state index is -0.109. The number of carbonyl (C=O) groups excluding carboxylic acids is 1. The molecule has 0 atom stereocenters. The van der Waals surface area contributed by atoms with Crippen molar-refractivity contribution in [1.82, 2.24) is 4.57 Å². The van der Waals surface area contributed by atoms with E-state index in [0.717, 1.165) is 33.2 Å². The van der Waals surface area contributed by atoms with E-state index in [2.05, 4.69) is 52.5 Å². The van der Waals surface area contributed by atoms with Crippen LogP contribution < -0.4 is 14.9 Å². The number of nitrogens with zero attached hydrogens (tertiary/aromatic N) is 2. The van der Waals surface area contributed by atoms with Crippen molar-refractivity contribution in [3.05, 3.63) is 58.2 Å². The topological polar surface area (TPSA) is 55.6 Å². The van der Waals surface area contributed by atoms with Crippen LogP contribution >= 0.6 is 11.3 Å². The summed E-state index contributed by atoms with van der Waals surface area (Å²) in [7, 11) is 0. The predicted octanol–water partition coefficient (Wildman–Crippen LogP) is 5.98. The van der Waals surface area contributed by atoms with Crippen molar-refractivity contribution in [3.8, 4) is 17.0 Å². The van der Waals surface area contributed by atoms with E-state index < -0.39 is 0 Å². The van der Waals surface area contributed by atoms with E-state index in [1.54, 1.807) is 11.3 Å². The third-order valence-electron chi connectivity index (χ3n) is 6.07. The van der Waals surface area contributed by atoms with E-state index in [4.69, 9.17) is 9.73 Å². The van der Waals surface area contributed by atoms with Crippen molar-refractivity contribution in [1.29, 1.82) is 0 Å². The van der Waals surface area contributed by atoms with Gasteiger partial charge in [0, 0.05) is 17.0 Å². The summed E-state index contributed by atoms with van der Waals surface area (Å²) < 4.78 is 7.99. The van der Waals surface area contributed by atoms with Crippen molar-refractivity contribution in [2.75, 3.05) is 11.9 Å². The lowest BCUT2D eigenvalue weighted by Gasteiger charge is -2.22. The van der Waals surface area contributed by atoms with Gasteiger partial charge in [0.05, 0.1) is 17.1 Å². The van der Waals surface area contributed by atoms with Crippen LogP contribution in [0.3, 0.4) is 0 Å². The van der Waals surface area contributed by atoms with E-state index in [9.17, 15) is 4.79 Å². The number of rotatable bonds is 3. The number of hydrogen-bond donors (Lipinski definition) is 1. The molecule has 1 aliphatic heterocycles. The molecular formula is C25H27N3O2S. The number of fused-ring (bicyclic) bond motifs is 1. The van der Waals surface area contributed by atoms with E-state index in [1.807, 2.05) is 12.1 Å². The first-order valence-corrected chi connectivity index (χ1v) is 11.9. The highest BCUT2D eigenvalue weighted by Crippen LogP contribution is 2.36. The van der Waals surface area contributed by atoms with Gasteiger partial charge < -0.3 is 14.6 Å². The Morgan fingerprint density at radius 3 is 2.74 bits per heavy atom. The molecule has 31 heavy (non-hydrogen) atoms. The highest BCUT2D eigenvalue weighted by molar-refractivity contribution is 7.07. The maximum absolute atomic E-state index is 11.8. The van der Waals surface area contributed by atoms with Crippen LogP contribution in [0.15, 0.2) is 52.8 Å². The molecule has 0 saturated heterocycles. The molecule has 5 rings (SSSR count). The predicted molar refractivity (Wildman–Crippen MR) is 125 cm³/mol. The van der Waals surface area contributed by atoms with Gasteiger partial charge in [0.15, 0.2) is 11.4 Å². The maximum Gasteiger partial charge on any atom is 0.262 e. The van der Waals surface area contributed by atoms with Crippen LogP contribution in [0.5, 0.6) is 5.75 Å². The number of amides is 1. The molecule has 1 fully saturated rings. The molecule has 6 heteroatoms. The number of aryl methyl sites for hydroxylation is 1. The molecule has 0 unspecified atom stereocenters. The summed E-state index contributed by atoms with van der Waals surface area (Å²) >= 11 is 1.69. The summed E-state index contributed by atoms with van der Waals surface area (Å²) in [5.41, 5.74) is 5.18. The van der Waals surface area contributed by atoms with Crippen LogP contribution in [0.2, 0.25) is 0 Å². The van der Waals surface area contributed by atoms with Crippen molar-refractivity contribution in [2.24, 2.45) is 4.99 Å². The number of ether oxygens (including phenoxy) is 1. The summed E-state index contributed by atoms with van der Waals surface area (Å²) in [6.07, 6.45) is 7.48. The Bertz CT molecular complexity index is 1170. The zero-order valence-corrected chi connectivity index (χ0v) is 18.6. The number of thiazole rings is 1. The Labute approximate surface area is 186 Å².